The summed E-state index contributed by atoms with van der Waals surface area (Å²) < 4.78 is 28.2. The van der Waals surface area contributed by atoms with Gasteiger partial charge >= 0.3 is 0 Å². The van der Waals surface area contributed by atoms with Gasteiger partial charge in [-0.05, 0) is 55.0 Å². The second-order valence-corrected chi connectivity index (χ2v) is 10.5. The SMILES string of the molecule is CNC(=O)C(C)N(Cc1cccc(Cl)c1)C(=O)CN(c1cccc(Cl)c1)S(=O)(=O)c1ccccc1. The van der Waals surface area contributed by atoms with E-state index in [0.29, 0.717) is 15.6 Å². The number of carbonyl (C=O) groups is 2. The minimum atomic E-state index is -4.13. The zero-order valence-corrected chi connectivity index (χ0v) is 21.5. The molecule has 0 spiro atoms. The topological polar surface area (TPSA) is 86.8 Å². The van der Waals surface area contributed by atoms with Crippen molar-refractivity contribution in [3.05, 3.63) is 94.5 Å². The van der Waals surface area contributed by atoms with Crippen molar-refractivity contribution < 1.29 is 18.0 Å². The van der Waals surface area contributed by atoms with Gasteiger partial charge in [-0.15, -0.1) is 0 Å². The molecule has 0 bridgehead atoms. The molecule has 0 saturated carbocycles. The third kappa shape index (κ3) is 6.54. The van der Waals surface area contributed by atoms with Crippen molar-refractivity contribution in [2.45, 2.75) is 24.4 Å². The van der Waals surface area contributed by atoms with Gasteiger partial charge in [-0.25, -0.2) is 8.42 Å². The van der Waals surface area contributed by atoms with Gasteiger partial charge in [0.1, 0.15) is 12.6 Å². The second kappa shape index (κ2) is 11.6. The number of halogens is 2. The fourth-order valence-corrected chi connectivity index (χ4v) is 5.33. The van der Waals surface area contributed by atoms with Crippen LogP contribution in [0.2, 0.25) is 10.0 Å². The number of anilines is 1. The number of likely N-dealkylation sites (N-methyl/N-ethyl adjacent to an activating group) is 1. The average molecular weight is 534 g/mol. The Labute approximate surface area is 215 Å². The molecule has 7 nitrogen and oxygen atoms in total. The molecule has 0 aliphatic rings. The predicted molar refractivity (Wildman–Crippen MR) is 138 cm³/mol. The van der Waals surface area contributed by atoms with Crippen molar-refractivity contribution in [2.24, 2.45) is 0 Å². The summed E-state index contributed by atoms with van der Waals surface area (Å²) in [6.07, 6.45) is 0. The molecule has 184 valence electrons. The Balaban J connectivity index is 2.02. The zero-order chi connectivity index (χ0) is 25.6. The third-order valence-corrected chi connectivity index (χ3v) is 7.62. The number of carbonyl (C=O) groups excluding carboxylic acids is 2. The molecular formula is C25H25Cl2N3O4S. The van der Waals surface area contributed by atoms with Crippen LogP contribution in [0, 0.1) is 0 Å². The van der Waals surface area contributed by atoms with Gasteiger partial charge in [0.05, 0.1) is 10.6 Å². The first-order valence-corrected chi connectivity index (χ1v) is 12.9. The highest BCUT2D eigenvalue weighted by Crippen LogP contribution is 2.27. The molecule has 1 unspecified atom stereocenters. The Morgan fingerprint density at radius 2 is 1.54 bits per heavy atom. The predicted octanol–water partition coefficient (Wildman–Crippen LogP) is 4.35. The number of benzene rings is 3. The number of amides is 2. The highest BCUT2D eigenvalue weighted by Gasteiger charge is 2.32. The Morgan fingerprint density at radius 1 is 0.914 bits per heavy atom. The monoisotopic (exact) mass is 533 g/mol. The summed E-state index contributed by atoms with van der Waals surface area (Å²) in [6, 6.07) is 20.1. The maximum Gasteiger partial charge on any atom is 0.264 e. The molecule has 0 saturated heterocycles. The van der Waals surface area contributed by atoms with Gasteiger partial charge in [-0.3, -0.25) is 13.9 Å². The summed E-state index contributed by atoms with van der Waals surface area (Å²) in [4.78, 5) is 27.4. The first-order chi connectivity index (χ1) is 16.6. The van der Waals surface area contributed by atoms with E-state index in [2.05, 4.69) is 5.32 Å². The van der Waals surface area contributed by atoms with Crippen LogP contribution in [0.3, 0.4) is 0 Å². The number of sulfonamides is 1. The summed E-state index contributed by atoms with van der Waals surface area (Å²) >= 11 is 12.2. The molecule has 0 aromatic heterocycles. The van der Waals surface area contributed by atoms with Crippen LogP contribution in [0.25, 0.3) is 0 Å². The van der Waals surface area contributed by atoms with Crippen molar-refractivity contribution in [2.75, 3.05) is 17.9 Å². The normalized spacial score (nSPS) is 12.0. The van der Waals surface area contributed by atoms with Crippen molar-refractivity contribution in [1.29, 1.82) is 0 Å². The minimum Gasteiger partial charge on any atom is -0.357 e. The summed E-state index contributed by atoms with van der Waals surface area (Å²) in [5, 5.41) is 3.34. The lowest BCUT2D eigenvalue weighted by molar-refractivity contribution is -0.139. The average Bonchev–Trinajstić information content (AvgIpc) is 2.85. The Bertz CT molecular complexity index is 1300. The van der Waals surface area contributed by atoms with Gasteiger partial charge in [0, 0.05) is 23.6 Å². The molecule has 0 radical (unpaired) electrons. The maximum atomic E-state index is 13.6. The number of hydrogen-bond donors (Lipinski definition) is 1. The number of rotatable bonds is 9. The van der Waals surface area contributed by atoms with E-state index >= 15 is 0 Å². The summed E-state index contributed by atoms with van der Waals surface area (Å²) in [5.74, 6) is -0.957. The largest absolute Gasteiger partial charge is 0.357 e. The molecule has 3 rings (SSSR count). The van der Waals surface area contributed by atoms with Crippen molar-refractivity contribution in [3.63, 3.8) is 0 Å². The minimum absolute atomic E-state index is 0.0218. The van der Waals surface area contributed by atoms with Crippen LogP contribution in [0.4, 0.5) is 5.69 Å². The molecule has 10 heteroatoms. The van der Waals surface area contributed by atoms with E-state index in [-0.39, 0.29) is 23.0 Å². The van der Waals surface area contributed by atoms with Crippen LogP contribution in [-0.2, 0) is 26.2 Å². The Kier molecular flexibility index (Phi) is 8.77. The fraction of sp³-hybridized carbons (Fsp3) is 0.200. The molecule has 2 amide bonds. The van der Waals surface area contributed by atoms with E-state index < -0.39 is 28.5 Å². The lowest BCUT2D eigenvalue weighted by atomic mass is 10.1. The molecular weight excluding hydrogens is 509 g/mol. The molecule has 35 heavy (non-hydrogen) atoms. The molecule has 0 aliphatic heterocycles. The third-order valence-electron chi connectivity index (χ3n) is 5.36. The van der Waals surface area contributed by atoms with Gasteiger partial charge in [0.15, 0.2) is 0 Å². The van der Waals surface area contributed by atoms with Crippen LogP contribution in [0.1, 0.15) is 12.5 Å². The van der Waals surface area contributed by atoms with Crippen molar-refractivity contribution in [3.8, 4) is 0 Å². The smallest absolute Gasteiger partial charge is 0.264 e. The second-order valence-electron chi connectivity index (χ2n) is 7.75. The van der Waals surface area contributed by atoms with Crippen LogP contribution in [0.15, 0.2) is 83.8 Å². The number of hydrogen-bond acceptors (Lipinski definition) is 4. The molecule has 3 aromatic rings. The lowest BCUT2D eigenvalue weighted by Crippen LogP contribution is -2.50. The molecule has 1 N–H and O–H groups in total. The van der Waals surface area contributed by atoms with E-state index in [1.165, 1.54) is 30.1 Å². The van der Waals surface area contributed by atoms with Gasteiger partial charge < -0.3 is 10.2 Å². The molecule has 1 atom stereocenters. The van der Waals surface area contributed by atoms with E-state index in [4.69, 9.17) is 23.2 Å². The lowest BCUT2D eigenvalue weighted by Gasteiger charge is -2.31. The fourth-order valence-electron chi connectivity index (χ4n) is 3.50. The Hall–Kier alpha value is -3.07. The van der Waals surface area contributed by atoms with Gasteiger partial charge in [0.25, 0.3) is 10.0 Å². The van der Waals surface area contributed by atoms with E-state index in [1.807, 2.05) is 0 Å². The summed E-state index contributed by atoms with van der Waals surface area (Å²) in [6.45, 7) is 1.10. The van der Waals surface area contributed by atoms with Crippen LogP contribution in [0.5, 0.6) is 0 Å². The maximum absolute atomic E-state index is 13.6. The summed E-state index contributed by atoms with van der Waals surface area (Å²) in [7, 11) is -2.65. The standard InChI is InChI=1S/C25H25Cl2N3O4S/c1-18(25(32)28-2)29(16-19-8-6-9-20(26)14-19)24(31)17-30(22-11-7-10-21(27)15-22)35(33,34)23-12-4-3-5-13-23/h3-15,18H,16-17H2,1-2H3,(H,28,32). The van der Waals surface area contributed by atoms with Gasteiger partial charge in [0.2, 0.25) is 11.8 Å². The highest BCUT2D eigenvalue weighted by molar-refractivity contribution is 7.92. The van der Waals surface area contributed by atoms with E-state index in [0.717, 1.165) is 4.31 Å². The quantitative estimate of drug-likeness (QED) is 0.442. The van der Waals surface area contributed by atoms with Crippen molar-refractivity contribution in [1.82, 2.24) is 10.2 Å². The van der Waals surface area contributed by atoms with Gasteiger partial charge in [-0.2, -0.15) is 0 Å². The first-order valence-electron chi connectivity index (χ1n) is 10.7. The molecule has 0 heterocycles. The number of nitrogens with one attached hydrogen (secondary N) is 1. The number of nitrogens with zero attached hydrogens (tertiary/aromatic N) is 2. The van der Waals surface area contributed by atoms with Crippen LogP contribution >= 0.6 is 23.2 Å². The summed E-state index contributed by atoms with van der Waals surface area (Å²) in [5.41, 5.74) is 0.923. The zero-order valence-electron chi connectivity index (χ0n) is 19.2. The van der Waals surface area contributed by atoms with Crippen molar-refractivity contribution >= 4 is 50.7 Å². The molecule has 3 aromatic carbocycles. The van der Waals surface area contributed by atoms with Gasteiger partial charge in [-0.1, -0.05) is 59.6 Å². The van der Waals surface area contributed by atoms with E-state index in [1.54, 1.807) is 67.6 Å². The Morgan fingerprint density at radius 3 is 2.14 bits per heavy atom. The van der Waals surface area contributed by atoms with Crippen LogP contribution < -0.4 is 9.62 Å². The molecule has 0 aliphatic carbocycles. The highest BCUT2D eigenvalue weighted by atomic mass is 35.5. The van der Waals surface area contributed by atoms with Crippen LogP contribution in [-0.4, -0.2) is 44.8 Å². The molecule has 0 fully saturated rings. The first kappa shape index (κ1) is 26.5. The van der Waals surface area contributed by atoms with E-state index in [9.17, 15) is 18.0 Å².